The van der Waals surface area contributed by atoms with Crippen molar-refractivity contribution >= 4 is 18.0 Å². The molecule has 0 spiro atoms. The number of carboxylic acid groups (broad SMARTS) is 1. The number of benzene rings is 2. The van der Waals surface area contributed by atoms with Crippen molar-refractivity contribution in [1.82, 2.24) is 10.6 Å². The monoisotopic (exact) mass is 466 g/mol. The van der Waals surface area contributed by atoms with Crippen molar-refractivity contribution < 1.29 is 24.2 Å². The van der Waals surface area contributed by atoms with E-state index in [0.29, 0.717) is 19.3 Å². The fourth-order valence-electron chi connectivity index (χ4n) is 4.46. The molecule has 0 bridgehead atoms. The van der Waals surface area contributed by atoms with Crippen molar-refractivity contribution in [2.75, 3.05) is 6.61 Å². The molecule has 3 rings (SSSR count). The van der Waals surface area contributed by atoms with Crippen LogP contribution in [0.25, 0.3) is 11.1 Å². The summed E-state index contributed by atoms with van der Waals surface area (Å²) < 4.78 is 5.60. The molecule has 182 valence electrons. The molecule has 2 aromatic carbocycles. The summed E-state index contributed by atoms with van der Waals surface area (Å²) in [5.74, 6) is -1.00. The topological polar surface area (TPSA) is 105 Å². The molecule has 2 aromatic rings. The minimum Gasteiger partial charge on any atom is -0.481 e. The molecule has 3 N–H and O–H groups in total. The largest absolute Gasteiger partial charge is 0.481 e. The van der Waals surface area contributed by atoms with Gasteiger partial charge >= 0.3 is 12.1 Å². The zero-order valence-corrected chi connectivity index (χ0v) is 20.0. The Morgan fingerprint density at radius 1 is 0.941 bits per heavy atom. The van der Waals surface area contributed by atoms with Crippen molar-refractivity contribution in [2.24, 2.45) is 5.92 Å². The number of alkyl carbamates (subject to hydrolysis) is 1. The third-order valence-electron chi connectivity index (χ3n) is 6.08. The Labute approximate surface area is 200 Å². The lowest BCUT2D eigenvalue weighted by atomic mass is 9.98. The number of carbonyl (C=O) groups is 3. The van der Waals surface area contributed by atoms with Gasteiger partial charge in [0, 0.05) is 18.4 Å². The van der Waals surface area contributed by atoms with E-state index in [-0.39, 0.29) is 36.8 Å². The average Bonchev–Trinajstić information content (AvgIpc) is 3.10. The summed E-state index contributed by atoms with van der Waals surface area (Å²) in [7, 11) is 0. The molecule has 7 nitrogen and oxygen atoms in total. The number of hydrogen-bond donors (Lipinski definition) is 3. The number of carbonyl (C=O) groups excluding carboxylic acids is 2. The minimum atomic E-state index is -0.854. The zero-order chi connectivity index (χ0) is 24.7. The number of aliphatic carboxylic acids is 1. The van der Waals surface area contributed by atoms with Gasteiger partial charge in [-0.3, -0.25) is 9.59 Å². The van der Waals surface area contributed by atoms with E-state index in [1.807, 2.05) is 45.0 Å². The second-order valence-electron chi connectivity index (χ2n) is 9.35. The molecule has 7 heteroatoms. The predicted molar refractivity (Wildman–Crippen MR) is 131 cm³/mol. The van der Waals surface area contributed by atoms with Crippen LogP contribution in [0.5, 0.6) is 0 Å². The van der Waals surface area contributed by atoms with Crippen LogP contribution in [0.15, 0.2) is 48.5 Å². The third-order valence-corrected chi connectivity index (χ3v) is 6.08. The average molecular weight is 467 g/mol. The maximum Gasteiger partial charge on any atom is 0.407 e. The van der Waals surface area contributed by atoms with Gasteiger partial charge in [-0.05, 0) is 54.4 Å². The van der Waals surface area contributed by atoms with Gasteiger partial charge in [0.25, 0.3) is 0 Å². The summed E-state index contributed by atoms with van der Waals surface area (Å²) >= 11 is 0. The molecule has 1 aliphatic rings. The Morgan fingerprint density at radius 3 is 2.09 bits per heavy atom. The lowest BCUT2D eigenvalue weighted by Crippen LogP contribution is -2.49. The van der Waals surface area contributed by atoms with Crippen LogP contribution in [0.3, 0.4) is 0 Å². The molecule has 1 unspecified atom stereocenters. The fourth-order valence-corrected chi connectivity index (χ4v) is 4.46. The Balaban J connectivity index is 1.59. The smallest absolute Gasteiger partial charge is 0.407 e. The van der Waals surface area contributed by atoms with Gasteiger partial charge in [0.1, 0.15) is 12.6 Å². The number of ether oxygens (including phenoxy) is 1. The number of rotatable bonds is 11. The van der Waals surface area contributed by atoms with Gasteiger partial charge in [-0.2, -0.15) is 0 Å². The van der Waals surface area contributed by atoms with Gasteiger partial charge in [-0.1, -0.05) is 62.4 Å². The lowest BCUT2D eigenvalue weighted by molar-refractivity contribution is -0.137. The molecule has 0 heterocycles. The van der Waals surface area contributed by atoms with Gasteiger partial charge in [0.2, 0.25) is 5.91 Å². The highest BCUT2D eigenvalue weighted by molar-refractivity contribution is 5.86. The van der Waals surface area contributed by atoms with Gasteiger partial charge in [0.05, 0.1) is 0 Å². The summed E-state index contributed by atoms with van der Waals surface area (Å²) in [6.45, 7) is 5.98. The molecule has 2 amide bonds. The van der Waals surface area contributed by atoms with Crippen molar-refractivity contribution in [3.05, 3.63) is 59.7 Å². The van der Waals surface area contributed by atoms with Crippen LogP contribution in [0.4, 0.5) is 4.79 Å². The Hall–Kier alpha value is -3.35. The second kappa shape index (κ2) is 11.7. The van der Waals surface area contributed by atoms with Crippen LogP contribution in [0.2, 0.25) is 0 Å². The van der Waals surface area contributed by atoms with E-state index < -0.39 is 18.1 Å². The first-order chi connectivity index (χ1) is 16.3. The van der Waals surface area contributed by atoms with E-state index in [1.54, 1.807) is 0 Å². The number of fused-ring (bicyclic) bond motifs is 3. The van der Waals surface area contributed by atoms with Crippen LogP contribution in [-0.4, -0.2) is 41.8 Å². The van der Waals surface area contributed by atoms with E-state index in [0.717, 1.165) is 22.3 Å². The molecule has 0 fully saturated rings. The van der Waals surface area contributed by atoms with Crippen molar-refractivity contribution in [3.63, 3.8) is 0 Å². The highest BCUT2D eigenvalue weighted by Crippen LogP contribution is 2.44. The first-order valence-electron chi connectivity index (χ1n) is 11.9. The molecule has 1 aliphatic carbocycles. The van der Waals surface area contributed by atoms with Gasteiger partial charge in [0.15, 0.2) is 0 Å². The van der Waals surface area contributed by atoms with E-state index in [2.05, 4.69) is 34.9 Å². The lowest BCUT2D eigenvalue weighted by Gasteiger charge is -2.23. The zero-order valence-electron chi connectivity index (χ0n) is 20.0. The summed E-state index contributed by atoms with van der Waals surface area (Å²) in [6.07, 6.45) is 0.940. The van der Waals surface area contributed by atoms with Crippen LogP contribution in [0, 0.1) is 5.92 Å². The molecular weight excluding hydrogens is 432 g/mol. The summed E-state index contributed by atoms with van der Waals surface area (Å²) in [5, 5.41) is 14.4. The van der Waals surface area contributed by atoms with E-state index in [1.165, 1.54) is 0 Å². The van der Waals surface area contributed by atoms with Crippen LogP contribution < -0.4 is 10.6 Å². The Bertz CT molecular complexity index is 974. The van der Waals surface area contributed by atoms with Crippen LogP contribution >= 0.6 is 0 Å². The number of amides is 2. The molecule has 0 saturated carbocycles. The Morgan fingerprint density at radius 2 is 1.53 bits per heavy atom. The van der Waals surface area contributed by atoms with Crippen LogP contribution in [0.1, 0.15) is 63.5 Å². The standard InChI is InChI=1S/C27H34N2O5/c1-17(2)15-24(26(32)28-18(3)9-8-14-25(30)31)29-27(33)34-16-23-21-12-6-4-10-19(21)20-11-5-7-13-22(20)23/h4-7,10-13,17-18,23-24H,8-9,14-16H2,1-3H3,(H,28,32)(H,29,33)(H,30,31)/t18?,24-/m0/s1. The minimum absolute atomic E-state index is 0.0511. The molecule has 0 aliphatic heterocycles. The molecule has 34 heavy (non-hydrogen) atoms. The van der Waals surface area contributed by atoms with Gasteiger partial charge in [-0.15, -0.1) is 0 Å². The highest BCUT2D eigenvalue weighted by atomic mass is 16.5. The molecule has 0 aromatic heterocycles. The molecule has 0 radical (unpaired) electrons. The molecule has 2 atom stereocenters. The highest BCUT2D eigenvalue weighted by Gasteiger charge is 2.30. The van der Waals surface area contributed by atoms with Crippen LogP contribution in [-0.2, 0) is 14.3 Å². The number of carboxylic acids is 1. The quantitative estimate of drug-likeness (QED) is 0.445. The molecular formula is C27H34N2O5. The normalized spacial score (nSPS) is 14.1. The van der Waals surface area contributed by atoms with Crippen molar-refractivity contribution in [1.29, 1.82) is 0 Å². The van der Waals surface area contributed by atoms with E-state index in [9.17, 15) is 14.4 Å². The predicted octanol–water partition coefficient (Wildman–Crippen LogP) is 4.70. The van der Waals surface area contributed by atoms with E-state index >= 15 is 0 Å². The second-order valence-corrected chi connectivity index (χ2v) is 9.35. The van der Waals surface area contributed by atoms with Crippen molar-refractivity contribution in [2.45, 2.75) is 64.5 Å². The first-order valence-corrected chi connectivity index (χ1v) is 11.9. The summed E-state index contributed by atoms with van der Waals surface area (Å²) in [4.78, 5) is 36.2. The molecule has 0 saturated heterocycles. The fraction of sp³-hybridized carbons (Fsp3) is 0.444. The van der Waals surface area contributed by atoms with Gasteiger partial charge in [-0.25, -0.2) is 4.79 Å². The van der Waals surface area contributed by atoms with Gasteiger partial charge < -0.3 is 20.5 Å². The van der Waals surface area contributed by atoms with Crippen molar-refractivity contribution in [3.8, 4) is 11.1 Å². The number of hydrogen-bond acceptors (Lipinski definition) is 4. The Kier molecular flexibility index (Phi) is 8.68. The van der Waals surface area contributed by atoms with E-state index in [4.69, 9.17) is 9.84 Å². The SMILES string of the molecule is CC(C)C[C@H](NC(=O)OCC1c2ccccc2-c2ccccc21)C(=O)NC(C)CCCC(=O)O. The maximum atomic E-state index is 12.8. The summed E-state index contributed by atoms with van der Waals surface area (Å²) in [5.41, 5.74) is 4.56. The number of nitrogens with one attached hydrogen (secondary N) is 2. The maximum absolute atomic E-state index is 12.8. The first kappa shape index (κ1) is 25.3. The third kappa shape index (κ3) is 6.59. The summed E-state index contributed by atoms with van der Waals surface area (Å²) in [6, 6.07) is 15.3.